The van der Waals surface area contributed by atoms with Crippen molar-refractivity contribution in [3.8, 4) is 0 Å². The second kappa shape index (κ2) is 6.64. The summed E-state index contributed by atoms with van der Waals surface area (Å²) in [6.45, 7) is 5.52. The minimum absolute atomic E-state index is 0.103. The van der Waals surface area contributed by atoms with Gasteiger partial charge in [0.2, 0.25) is 0 Å². The Labute approximate surface area is 133 Å². The number of hydrogen-bond acceptors (Lipinski definition) is 5. The molecule has 134 valence electrons. The monoisotopic (exact) mass is 340 g/mol. The van der Waals surface area contributed by atoms with Crippen molar-refractivity contribution >= 4 is 11.9 Å². The molecule has 1 rings (SSSR count). The van der Waals surface area contributed by atoms with Crippen LogP contribution in [0.4, 0.5) is 13.2 Å². The predicted octanol–water partition coefficient (Wildman–Crippen LogP) is 0.786. The Morgan fingerprint density at radius 3 is 1.91 bits per heavy atom. The Hall–Kier alpha value is -1.35. The highest BCUT2D eigenvalue weighted by Crippen LogP contribution is 2.30. The molecule has 23 heavy (non-hydrogen) atoms. The first-order valence-corrected chi connectivity index (χ1v) is 7.27. The van der Waals surface area contributed by atoms with Gasteiger partial charge in [-0.1, -0.05) is 0 Å². The molecule has 1 atom stereocenters. The van der Waals surface area contributed by atoms with Crippen molar-refractivity contribution in [1.29, 1.82) is 0 Å². The molecule has 0 saturated carbocycles. The van der Waals surface area contributed by atoms with Crippen LogP contribution >= 0.6 is 0 Å². The molecule has 1 aliphatic rings. The van der Waals surface area contributed by atoms with Crippen LogP contribution in [-0.2, 0) is 14.3 Å². The van der Waals surface area contributed by atoms with Crippen LogP contribution in [0.25, 0.3) is 0 Å². The van der Waals surface area contributed by atoms with E-state index in [1.807, 2.05) is 0 Å². The van der Waals surface area contributed by atoms with Crippen LogP contribution in [0, 0.1) is 0 Å². The lowest BCUT2D eigenvalue weighted by Gasteiger charge is -2.38. The minimum atomic E-state index is -4.73. The summed E-state index contributed by atoms with van der Waals surface area (Å²) in [7, 11) is 0. The molecule has 0 radical (unpaired) electrons. The van der Waals surface area contributed by atoms with Gasteiger partial charge in [0.05, 0.1) is 0 Å². The fraction of sp³-hybridized carbons (Fsp3) is 0.857. The van der Waals surface area contributed by atoms with E-state index in [9.17, 15) is 27.9 Å². The third-order valence-electron chi connectivity index (χ3n) is 3.38. The van der Waals surface area contributed by atoms with Crippen molar-refractivity contribution in [2.75, 3.05) is 32.7 Å². The maximum absolute atomic E-state index is 12.7. The number of esters is 1. The van der Waals surface area contributed by atoms with Gasteiger partial charge in [0, 0.05) is 32.7 Å². The van der Waals surface area contributed by atoms with Crippen molar-refractivity contribution < 1.29 is 32.6 Å². The predicted molar refractivity (Wildman–Crippen MR) is 75.5 cm³/mol. The number of rotatable bonds is 2. The molecule has 6 nitrogen and oxygen atoms in total. The van der Waals surface area contributed by atoms with Gasteiger partial charge in [0.25, 0.3) is 0 Å². The molecule has 1 saturated heterocycles. The van der Waals surface area contributed by atoms with E-state index in [0.29, 0.717) is 6.92 Å². The highest BCUT2D eigenvalue weighted by atomic mass is 19.4. The number of amides is 1. The molecule has 1 N–H and O–H groups in total. The lowest BCUT2D eigenvalue weighted by molar-refractivity contribution is -0.258. The van der Waals surface area contributed by atoms with Gasteiger partial charge in [-0.15, -0.1) is 0 Å². The average molecular weight is 340 g/mol. The summed E-state index contributed by atoms with van der Waals surface area (Å²) in [5, 5.41) is 9.47. The quantitative estimate of drug-likeness (QED) is 0.594. The first-order chi connectivity index (χ1) is 10.2. The third-order valence-corrected chi connectivity index (χ3v) is 3.38. The Bertz CT molecular complexity index is 450. The van der Waals surface area contributed by atoms with Gasteiger partial charge in [-0.05, 0) is 27.7 Å². The van der Waals surface area contributed by atoms with E-state index in [2.05, 4.69) is 0 Å². The Morgan fingerprint density at radius 2 is 1.52 bits per heavy atom. The first kappa shape index (κ1) is 19.7. The lowest BCUT2D eigenvalue weighted by Crippen LogP contribution is -2.57. The van der Waals surface area contributed by atoms with E-state index in [4.69, 9.17) is 4.74 Å². The topological polar surface area (TPSA) is 70.1 Å². The number of carbonyl (C=O) groups excluding carboxylic acids is 2. The maximum Gasteiger partial charge on any atom is 0.418 e. The van der Waals surface area contributed by atoms with E-state index in [-0.39, 0.29) is 26.2 Å². The number of carbonyl (C=O) groups is 2. The van der Waals surface area contributed by atoms with Gasteiger partial charge in [-0.25, -0.2) is 4.79 Å². The summed E-state index contributed by atoms with van der Waals surface area (Å²) >= 11 is 0. The molecule has 0 spiro atoms. The maximum atomic E-state index is 12.7. The van der Waals surface area contributed by atoms with E-state index in [1.165, 1.54) is 9.80 Å². The summed E-state index contributed by atoms with van der Waals surface area (Å²) in [4.78, 5) is 26.3. The van der Waals surface area contributed by atoms with Crippen molar-refractivity contribution in [3.05, 3.63) is 0 Å². The lowest BCUT2D eigenvalue weighted by atomic mass is 10.1. The van der Waals surface area contributed by atoms with Crippen molar-refractivity contribution in [2.24, 2.45) is 0 Å². The van der Waals surface area contributed by atoms with Gasteiger partial charge >= 0.3 is 18.1 Å². The fourth-order valence-electron chi connectivity index (χ4n) is 2.08. The van der Waals surface area contributed by atoms with E-state index < -0.39 is 35.8 Å². The van der Waals surface area contributed by atoms with Crippen LogP contribution in [0.15, 0.2) is 0 Å². The second-order valence-electron chi connectivity index (χ2n) is 6.84. The molecule has 1 heterocycles. The zero-order valence-electron chi connectivity index (χ0n) is 13.7. The van der Waals surface area contributed by atoms with Crippen LogP contribution in [0.3, 0.4) is 0 Å². The number of piperazine rings is 1. The van der Waals surface area contributed by atoms with Crippen LogP contribution in [-0.4, -0.2) is 76.9 Å². The largest absolute Gasteiger partial charge is 0.453 e. The summed E-state index contributed by atoms with van der Waals surface area (Å²) in [5.74, 6) is -1.78. The summed E-state index contributed by atoms with van der Waals surface area (Å²) in [5.41, 5.74) is -3.61. The van der Waals surface area contributed by atoms with Gasteiger partial charge in [0.1, 0.15) is 5.60 Å². The smallest absolute Gasteiger partial charge is 0.418 e. The molecule has 0 bridgehead atoms. The number of nitrogens with zero attached hydrogens (tertiary/aromatic N) is 2. The van der Waals surface area contributed by atoms with Crippen LogP contribution in [0.5, 0.6) is 0 Å². The normalized spacial score (nSPS) is 20.1. The summed E-state index contributed by atoms with van der Waals surface area (Å²) in [6, 6.07) is 0. The van der Waals surface area contributed by atoms with Crippen LogP contribution < -0.4 is 0 Å². The molecule has 9 heteroatoms. The highest BCUT2D eigenvalue weighted by molar-refractivity contribution is 6.32. The Morgan fingerprint density at radius 1 is 1.04 bits per heavy atom. The summed E-state index contributed by atoms with van der Waals surface area (Å²) < 4.78 is 42.9. The molecule has 0 aromatic carbocycles. The summed E-state index contributed by atoms with van der Waals surface area (Å²) in [6.07, 6.45) is -4.73. The Kier molecular flexibility index (Phi) is 5.69. The number of ether oxygens (including phenoxy) is 1. The average Bonchev–Trinajstić information content (AvgIpc) is 2.35. The molecule has 0 aromatic heterocycles. The molecule has 0 aliphatic carbocycles. The molecule has 1 fully saturated rings. The van der Waals surface area contributed by atoms with Crippen molar-refractivity contribution in [1.82, 2.24) is 9.80 Å². The molecule has 1 unspecified atom stereocenters. The zero-order chi connectivity index (χ0) is 18.1. The zero-order valence-corrected chi connectivity index (χ0v) is 13.7. The Balaban J connectivity index is 2.53. The second-order valence-corrected chi connectivity index (χ2v) is 6.84. The molecule has 1 amide bonds. The first-order valence-electron chi connectivity index (χ1n) is 7.27. The van der Waals surface area contributed by atoms with Crippen molar-refractivity contribution in [3.63, 3.8) is 0 Å². The molecular formula is C14H23F3N2O4. The molecule has 0 aromatic rings. The number of hydrogen-bond donors (Lipinski definition) is 1. The van der Waals surface area contributed by atoms with Crippen molar-refractivity contribution in [2.45, 2.75) is 45.1 Å². The number of β-amino-alcohol motifs (C(OH)–C–C–N with tert-alkyl or cyclic N) is 1. The number of halogens is 3. The van der Waals surface area contributed by atoms with Gasteiger partial charge in [0.15, 0.2) is 5.60 Å². The number of alkyl halides is 3. The van der Waals surface area contributed by atoms with E-state index in [1.54, 1.807) is 20.8 Å². The van der Waals surface area contributed by atoms with Crippen LogP contribution in [0.1, 0.15) is 27.7 Å². The van der Waals surface area contributed by atoms with Gasteiger partial charge in [-0.3, -0.25) is 9.69 Å². The SMILES string of the molecule is CC(C)(C)OC(=O)C(=O)N1CCN(CC(C)(O)C(F)(F)F)CC1. The highest BCUT2D eigenvalue weighted by Gasteiger charge is 2.50. The number of aliphatic hydroxyl groups is 1. The van der Waals surface area contributed by atoms with Crippen LogP contribution in [0.2, 0.25) is 0 Å². The van der Waals surface area contributed by atoms with E-state index >= 15 is 0 Å². The third kappa shape index (κ3) is 5.65. The molecular weight excluding hydrogens is 317 g/mol. The fourth-order valence-corrected chi connectivity index (χ4v) is 2.08. The van der Waals surface area contributed by atoms with Gasteiger partial charge < -0.3 is 14.7 Å². The standard InChI is InChI=1S/C14H23F3N2O4/c1-12(2,3)23-11(21)10(20)19-7-5-18(6-8-19)9-13(4,22)14(15,16)17/h22H,5-9H2,1-4H3. The minimum Gasteiger partial charge on any atom is -0.453 e. The van der Waals surface area contributed by atoms with E-state index in [0.717, 1.165) is 0 Å². The molecule has 1 aliphatic heterocycles. The van der Waals surface area contributed by atoms with Gasteiger partial charge in [-0.2, -0.15) is 13.2 Å².